The first-order chi connectivity index (χ1) is 11.1. The monoisotopic (exact) mass is 301 g/mol. The minimum atomic E-state index is 0.0575. The highest BCUT2D eigenvalue weighted by Crippen LogP contribution is 2.44. The maximum Gasteiger partial charge on any atom is 0.201 e. The molecule has 2 radical (unpaired) electrons. The molecule has 2 aromatic heterocycles. The van der Waals surface area contributed by atoms with Crippen LogP contribution in [0.4, 0.5) is 5.69 Å². The summed E-state index contributed by atoms with van der Waals surface area (Å²) in [5.74, 6) is 0.0575. The standard InChI is InChI=1S/C17H12BN3O2/c1-21-13-8-9(18)6-7-11(13)14(17(21)22)16-15(20-23)10-4-2-3-5-12(10)19-16/h2-8,19,22H,1H3. The van der Waals surface area contributed by atoms with Crippen molar-refractivity contribution >= 4 is 40.8 Å². The third-order valence-electron chi connectivity index (χ3n) is 4.21. The Labute approximate surface area is 132 Å². The number of para-hydroxylation sites is 1. The molecule has 0 amide bonds. The molecule has 0 fully saturated rings. The lowest BCUT2D eigenvalue weighted by molar-refractivity contribution is 0.437. The van der Waals surface area contributed by atoms with E-state index in [1.165, 1.54) is 0 Å². The highest BCUT2D eigenvalue weighted by molar-refractivity contribution is 6.33. The molecular formula is C17H12BN3O2. The van der Waals surface area contributed by atoms with E-state index in [0.717, 1.165) is 21.8 Å². The second-order valence-corrected chi connectivity index (χ2v) is 5.52. The molecule has 2 aromatic carbocycles. The number of hydrogen-bond acceptors (Lipinski definition) is 3. The lowest BCUT2D eigenvalue weighted by Gasteiger charge is -1.99. The molecule has 0 bridgehead atoms. The van der Waals surface area contributed by atoms with Gasteiger partial charge in [0, 0.05) is 23.3 Å². The van der Waals surface area contributed by atoms with E-state index < -0.39 is 0 Å². The van der Waals surface area contributed by atoms with E-state index in [1.54, 1.807) is 23.7 Å². The molecule has 2 N–H and O–H groups in total. The molecule has 0 aliphatic carbocycles. The van der Waals surface area contributed by atoms with E-state index in [4.69, 9.17) is 7.85 Å². The minimum Gasteiger partial charge on any atom is -0.494 e. The van der Waals surface area contributed by atoms with Crippen molar-refractivity contribution < 1.29 is 5.11 Å². The molecule has 6 heteroatoms. The number of nitrogens with zero attached hydrogens (tertiary/aromatic N) is 2. The summed E-state index contributed by atoms with van der Waals surface area (Å²) in [7, 11) is 7.58. The number of hydrogen-bond donors (Lipinski definition) is 2. The highest BCUT2D eigenvalue weighted by Gasteiger charge is 2.22. The van der Waals surface area contributed by atoms with Gasteiger partial charge >= 0.3 is 0 Å². The van der Waals surface area contributed by atoms with Gasteiger partial charge in [-0.25, -0.2) is 0 Å². The van der Waals surface area contributed by atoms with Crippen molar-refractivity contribution in [3.63, 3.8) is 0 Å². The fourth-order valence-corrected chi connectivity index (χ4v) is 3.09. The molecule has 2 heterocycles. The molecule has 0 saturated heterocycles. The summed E-state index contributed by atoms with van der Waals surface area (Å²) in [5, 5.41) is 15.3. The molecule has 5 nitrogen and oxygen atoms in total. The van der Waals surface area contributed by atoms with Gasteiger partial charge in [-0.1, -0.05) is 35.8 Å². The van der Waals surface area contributed by atoms with Crippen LogP contribution in [0.15, 0.2) is 47.6 Å². The summed E-state index contributed by atoms with van der Waals surface area (Å²) < 4.78 is 1.64. The van der Waals surface area contributed by atoms with Crippen LogP contribution in [-0.4, -0.2) is 22.5 Å². The Morgan fingerprint density at radius 1 is 1.17 bits per heavy atom. The number of aromatic nitrogens is 2. The predicted octanol–water partition coefficient (Wildman–Crippen LogP) is 3.22. The molecule has 0 saturated carbocycles. The van der Waals surface area contributed by atoms with Crippen molar-refractivity contribution in [2.45, 2.75) is 0 Å². The second-order valence-electron chi connectivity index (χ2n) is 5.52. The Hall–Kier alpha value is -3.02. The topological polar surface area (TPSA) is 70.4 Å². The SMILES string of the molecule is [B]c1ccc2c(-c3[nH]c4ccccc4c3N=O)c(O)n(C)c2c1. The van der Waals surface area contributed by atoms with Crippen LogP contribution in [0.5, 0.6) is 5.88 Å². The molecule has 110 valence electrons. The normalized spacial score (nSPS) is 11.3. The van der Waals surface area contributed by atoms with Gasteiger partial charge in [-0.3, -0.25) is 0 Å². The Morgan fingerprint density at radius 2 is 1.96 bits per heavy atom. The Bertz CT molecular complexity index is 1080. The lowest BCUT2D eigenvalue weighted by Crippen LogP contribution is -2.00. The second kappa shape index (κ2) is 4.74. The van der Waals surface area contributed by atoms with Crippen molar-refractivity contribution in [1.29, 1.82) is 0 Å². The van der Waals surface area contributed by atoms with Crippen molar-refractivity contribution in [3.05, 3.63) is 47.4 Å². The first kappa shape index (κ1) is 13.6. The van der Waals surface area contributed by atoms with Crippen molar-refractivity contribution in [3.8, 4) is 17.1 Å². The van der Waals surface area contributed by atoms with Crippen molar-refractivity contribution in [2.75, 3.05) is 0 Å². The molecule has 0 unspecified atom stereocenters. The molecule has 0 aliphatic rings. The summed E-state index contributed by atoms with van der Waals surface area (Å²) in [4.78, 5) is 14.6. The Kier molecular flexibility index (Phi) is 2.81. The van der Waals surface area contributed by atoms with E-state index in [-0.39, 0.29) is 5.88 Å². The van der Waals surface area contributed by atoms with Crippen LogP contribution in [0, 0.1) is 4.91 Å². The largest absolute Gasteiger partial charge is 0.494 e. The van der Waals surface area contributed by atoms with Crippen LogP contribution in [0.1, 0.15) is 0 Å². The van der Waals surface area contributed by atoms with Crippen LogP contribution in [-0.2, 0) is 7.05 Å². The van der Waals surface area contributed by atoms with Crippen LogP contribution in [0.25, 0.3) is 33.1 Å². The molecule has 0 spiro atoms. The number of aromatic amines is 1. The average molecular weight is 301 g/mol. The van der Waals surface area contributed by atoms with Crippen LogP contribution in [0.2, 0.25) is 0 Å². The van der Waals surface area contributed by atoms with E-state index in [2.05, 4.69) is 10.2 Å². The van der Waals surface area contributed by atoms with Crippen molar-refractivity contribution in [2.24, 2.45) is 12.2 Å². The van der Waals surface area contributed by atoms with Gasteiger partial charge in [0.25, 0.3) is 0 Å². The van der Waals surface area contributed by atoms with Gasteiger partial charge in [0.05, 0.1) is 16.8 Å². The zero-order valence-electron chi connectivity index (χ0n) is 12.4. The zero-order valence-corrected chi connectivity index (χ0v) is 12.4. The summed E-state index contributed by atoms with van der Waals surface area (Å²) in [6, 6.07) is 12.8. The van der Waals surface area contributed by atoms with Gasteiger partial charge in [-0.2, -0.15) is 0 Å². The van der Waals surface area contributed by atoms with Gasteiger partial charge in [-0.15, -0.1) is 4.91 Å². The predicted molar refractivity (Wildman–Crippen MR) is 92.7 cm³/mol. The van der Waals surface area contributed by atoms with Crippen LogP contribution in [0.3, 0.4) is 0 Å². The number of nitrogens with one attached hydrogen (secondary N) is 1. The molecule has 0 atom stereocenters. The summed E-state index contributed by atoms with van der Waals surface area (Å²) >= 11 is 0. The van der Waals surface area contributed by atoms with Gasteiger partial charge in [0.15, 0.2) is 0 Å². The van der Waals surface area contributed by atoms with Crippen molar-refractivity contribution in [1.82, 2.24) is 9.55 Å². The minimum absolute atomic E-state index is 0.0575. The number of rotatable bonds is 2. The molecular weight excluding hydrogens is 289 g/mol. The number of fused-ring (bicyclic) bond motifs is 2. The van der Waals surface area contributed by atoms with Gasteiger partial charge in [-0.05, 0) is 17.3 Å². The van der Waals surface area contributed by atoms with Gasteiger partial charge in [0.1, 0.15) is 13.5 Å². The van der Waals surface area contributed by atoms with E-state index in [9.17, 15) is 10.0 Å². The van der Waals surface area contributed by atoms with Gasteiger partial charge in [0.2, 0.25) is 5.88 Å². The fourth-order valence-electron chi connectivity index (χ4n) is 3.09. The van der Waals surface area contributed by atoms with Crippen LogP contribution < -0.4 is 5.46 Å². The maximum atomic E-state index is 11.4. The fraction of sp³-hybridized carbons (Fsp3) is 0.0588. The number of aromatic hydroxyl groups is 1. The highest BCUT2D eigenvalue weighted by atomic mass is 16.3. The number of H-pyrrole nitrogens is 1. The van der Waals surface area contributed by atoms with E-state index in [0.29, 0.717) is 22.4 Å². The number of aryl methyl sites for hydroxylation is 1. The van der Waals surface area contributed by atoms with E-state index >= 15 is 0 Å². The Morgan fingerprint density at radius 3 is 2.74 bits per heavy atom. The molecule has 23 heavy (non-hydrogen) atoms. The molecule has 4 aromatic rings. The summed E-state index contributed by atoms with van der Waals surface area (Å²) in [6.45, 7) is 0. The average Bonchev–Trinajstić information content (AvgIpc) is 3.03. The lowest BCUT2D eigenvalue weighted by atomic mass is 9.94. The zero-order chi connectivity index (χ0) is 16.1. The molecule has 4 rings (SSSR count). The number of benzene rings is 2. The smallest absolute Gasteiger partial charge is 0.201 e. The third kappa shape index (κ3) is 1.81. The van der Waals surface area contributed by atoms with Gasteiger partial charge < -0.3 is 14.7 Å². The number of nitroso groups, excluding NO2 is 1. The van der Waals surface area contributed by atoms with E-state index in [1.807, 2.05) is 30.3 Å². The summed E-state index contributed by atoms with van der Waals surface area (Å²) in [6.07, 6.45) is 0. The maximum absolute atomic E-state index is 11.4. The third-order valence-corrected chi connectivity index (χ3v) is 4.21. The Balaban J connectivity index is 2.15. The first-order valence-corrected chi connectivity index (χ1v) is 7.13. The summed E-state index contributed by atoms with van der Waals surface area (Å²) in [5.41, 5.74) is 3.54. The molecule has 0 aliphatic heterocycles. The van der Waals surface area contributed by atoms with Crippen LogP contribution >= 0.6 is 0 Å². The quantitative estimate of drug-likeness (QED) is 0.441. The first-order valence-electron chi connectivity index (χ1n) is 7.13.